The first kappa shape index (κ1) is 14.2. The van der Waals surface area contributed by atoms with E-state index in [4.69, 9.17) is 11.6 Å². The minimum absolute atomic E-state index is 0.182. The number of amides is 2. The molecule has 1 aliphatic heterocycles. The average molecular weight is 299 g/mol. The van der Waals surface area contributed by atoms with Crippen molar-refractivity contribution >= 4 is 40.2 Å². The second-order valence-electron chi connectivity index (χ2n) is 4.76. The zero-order chi connectivity index (χ0) is 14.0. The van der Waals surface area contributed by atoms with E-state index in [1.54, 1.807) is 24.3 Å². The van der Waals surface area contributed by atoms with Gasteiger partial charge >= 0.3 is 0 Å². The summed E-state index contributed by atoms with van der Waals surface area (Å²) in [7, 11) is 0. The zero-order valence-electron chi connectivity index (χ0n) is 10.7. The molecular formula is C13H15ClN2O2S. The molecule has 4 nitrogen and oxygen atoms in total. The summed E-state index contributed by atoms with van der Waals surface area (Å²) >= 11 is 6.81. The van der Waals surface area contributed by atoms with E-state index in [2.05, 4.69) is 5.32 Å². The zero-order valence-corrected chi connectivity index (χ0v) is 12.3. The Morgan fingerprint density at radius 1 is 1.32 bits per heavy atom. The van der Waals surface area contributed by atoms with Gasteiger partial charge in [0.15, 0.2) is 5.37 Å². The van der Waals surface area contributed by atoms with E-state index < -0.39 is 5.37 Å². The van der Waals surface area contributed by atoms with Gasteiger partial charge in [0, 0.05) is 17.3 Å². The number of carbonyl (C=O) groups excluding carboxylic acids is 2. The average Bonchev–Trinajstić information content (AvgIpc) is 2.60. The topological polar surface area (TPSA) is 49.4 Å². The van der Waals surface area contributed by atoms with Gasteiger partial charge in [0.2, 0.25) is 0 Å². The van der Waals surface area contributed by atoms with Gasteiger partial charge in [-0.1, -0.05) is 25.4 Å². The van der Waals surface area contributed by atoms with Gasteiger partial charge in [-0.05, 0) is 41.9 Å². The lowest BCUT2D eigenvalue weighted by molar-refractivity contribution is -0.126. The molecule has 0 saturated carbocycles. The van der Waals surface area contributed by atoms with Crippen molar-refractivity contribution in [2.24, 2.45) is 5.92 Å². The van der Waals surface area contributed by atoms with Crippen molar-refractivity contribution in [3.8, 4) is 0 Å². The van der Waals surface area contributed by atoms with Crippen LogP contribution >= 0.6 is 23.4 Å². The number of nitrogens with one attached hydrogen (secondary N) is 1. The molecule has 1 N–H and O–H groups in total. The van der Waals surface area contributed by atoms with Crippen LogP contribution in [0.4, 0.5) is 10.5 Å². The molecule has 1 heterocycles. The molecule has 1 fully saturated rings. The van der Waals surface area contributed by atoms with Gasteiger partial charge in [0.05, 0.1) is 0 Å². The molecule has 1 saturated heterocycles. The quantitative estimate of drug-likeness (QED) is 0.925. The molecule has 1 atom stereocenters. The van der Waals surface area contributed by atoms with Crippen molar-refractivity contribution in [1.82, 2.24) is 4.90 Å². The van der Waals surface area contributed by atoms with Crippen LogP contribution in [-0.2, 0) is 4.79 Å². The molecule has 0 spiro atoms. The van der Waals surface area contributed by atoms with Crippen molar-refractivity contribution < 1.29 is 9.59 Å². The minimum Gasteiger partial charge on any atom is -0.365 e. The van der Waals surface area contributed by atoms with Crippen molar-refractivity contribution in [1.29, 1.82) is 0 Å². The first-order chi connectivity index (χ1) is 8.97. The number of rotatable bonds is 4. The van der Waals surface area contributed by atoms with Crippen LogP contribution in [0.2, 0.25) is 5.02 Å². The summed E-state index contributed by atoms with van der Waals surface area (Å²) in [6.07, 6.45) is 0. The normalized spacial score (nSPS) is 19.4. The van der Waals surface area contributed by atoms with Gasteiger partial charge in [-0.2, -0.15) is 0 Å². The highest BCUT2D eigenvalue weighted by molar-refractivity contribution is 8.15. The van der Waals surface area contributed by atoms with Crippen LogP contribution in [0, 0.1) is 5.92 Å². The van der Waals surface area contributed by atoms with Crippen molar-refractivity contribution in [2.45, 2.75) is 19.2 Å². The smallest absolute Gasteiger partial charge is 0.290 e. The number of imide groups is 1. The van der Waals surface area contributed by atoms with E-state index in [0.717, 1.165) is 17.4 Å². The van der Waals surface area contributed by atoms with Gasteiger partial charge in [0.25, 0.3) is 11.1 Å². The minimum atomic E-state index is -0.549. The third kappa shape index (κ3) is 3.42. The molecule has 2 rings (SSSR count). The van der Waals surface area contributed by atoms with Gasteiger partial charge in [0.1, 0.15) is 0 Å². The standard InChI is InChI=1S/C13H15ClN2O2S/c1-8(2)7-16-12(17)11(19-13(16)18)15-10-5-3-9(14)4-6-10/h3-6,8,11,15H,7H2,1-2H3/t11-/m0/s1. The third-order valence-electron chi connectivity index (χ3n) is 2.62. The fraction of sp³-hybridized carbons (Fsp3) is 0.385. The molecule has 102 valence electrons. The SMILES string of the molecule is CC(C)CN1C(=O)S[C@H](Nc2ccc(Cl)cc2)C1=O. The third-order valence-corrected chi connectivity index (χ3v) is 3.85. The lowest BCUT2D eigenvalue weighted by Gasteiger charge is -2.16. The summed E-state index contributed by atoms with van der Waals surface area (Å²) in [4.78, 5) is 25.2. The van der Waals surface area contributed by atoms with Crippen molar-refractivity contribution in [3.63, 3.8) is 0 Å². The van der Waals surface area contributed by atoms with E-state index >= 15 is 0 Å². The molecule has 0 unspecified atom stereocenters. The number of hydrogen-bond acceptors (Lipinski definition) is 4. The molecular weight excluding hydrogens is 284 g/mol. The maximum Gasteiger partial charge on any atom is 0.290 e. The lowest BCUT2D eigenvalue weighted by atomic mass is 10.2. The molecule has 1 aromatic rings. The summed E-state index contributed by atoms with van der Waals surface area (Å²) in [5.41, 5.74) is 0.773. The predicted molar refractivity (Wildman–Crippen MR) is 78.4 cm³/mol. The van der Waals surface area contributed by atoms with Crippen molar-refractivity contribution in [2.75, 3.05) is 11.9 Å². The lowest BCUT2D eigenvalue weighted by Crippen LogP contribution is -2.36. The number of thioether (sulfide) groups is 1. The molecule has 0 bridgehead atoms. The van der Waals surface area contributed by atoms with Crippen LogP contribution in [0.5, 0.6) is 0 Å². The Balaban J connectivity index is 2.04. The summed E-state index contributed by atoms with van der Waals surface area (Å²) in [5.74, 6) is 0.0847. The van der Waals surface area contributed by atoms with Gasteiger partial charge in [-0.15, -0.1) is 0 Å². The van der Waals surface area contributed by atoms with Gasteiger partial charge in [-0.3, -0.25) is 14.5 Å². The van der Waals surface area contributed by atoms with E-state index in [1.165, 1.54) is 4.90 Å². The molecule has 0 aliphatic carbocycles. The fourth-order valence-corrected chi connectivity index (χ4v) is 2.81. The van der Waals surface area contributed by atoms with Crippen LogP contribution in [0.3, 0.4) is 0 Å². The summed E-state index contributed by atoms with van der Waals surface area (Å²) in [6, 6.07) is 7.04. The molecule has 19 heavy (non-hydrogen) atoms. The number of halogens is 1. The van der Waals surface area contributed by atoms with E-state index in [9.17, 15) is 9.59 Å². The number of benzene rings is 1. The number of hydrogen-bond donors (Lipinski definition) is 1. The van der Waals surface area contributed by atoms with Gasteiger partial charge in [-0.25, -0.2) is 0 Å². The summed E-state index contributed by atoms with van der Waals surface area (Å²) < 4.78 is 0. The summed E-state index contributed by atoms with van der Waals surface area (Å²) in [6.45, 7) is 4.42. The molecule has 1 aromatic carbocycles. The van der Waals surface area contributed by atoms with Crippen LogP contribution in [0.15, 0.2) is 24.3 Å². The Labute approximate surface area is 121 Å². The fourth-order valence-electron chi connectivity index (χ4n) is 1.76. The molecule has 2 amide bonds. The monoisotopic (exact) mass is 298 g/mol. The number of nitrogens with zero attached hydrogens (tertiary/aromatic N) is 1. The largest absolute Gasteiger partial charge is 0.365 e. The summed E-state index contributed by atoms with van der Waals surface area (Å²) in [5, 5.41) is 2.94. The van der Waals surface area contributed by atoms with Crippen LogP contribution < -0.4 is 5.32 Å². The Kier molecular flexibility index (Phi) is 4.37. The van der Waals surface area contributed by atoms with Crippen LogP contribution in [-0.4, -0.2) is 28.0 Å². The Hall–Kier alpha value is -1.20. The first-order valence-corrected chi connectivity index (χ1v) is 7.27. The highest BCUT2D eigenvalue weighted by Crippen LogP contribution is 2.29. The maximum atomic E-state index is 12.1. The molecule has 6 heteroatoms. The first-order valence-electron chi connectivity index (χ1n) is 6.01. The van der Waals surface area contributed by atoms with Crippen molar-refractivity contribution in [3.05, 3.63) is 29.3 Å². The Bertz CT molecular complexity index is 490. The Morgan fingerprint density at radius 2 is 1.95 bits per heavy atom. The van der Waals surface area contributed by atoms with Gasteiger partial charge < -0.3 is 5.32 Å². The van der Waals surface area contributed by atoms with E-state index in [0.29, 0.717) is 11.6 Å². The number of carbonyl (C=O) groups is 2. The predicted octanol–water partition coefficient (Wildman–Crippen LogP) is 3.43. The maximum absolute atomic E-state index is 12.1. The highest BCUT2D eigenvalue weighted by Gasteiger charge is 2.39. The highest BCUT2D eigenvalue weighted by atomic mass is 35.5. The van der Waals surface area contributed by atoms with Crippen LogP contribution in [0.25, 0.3) is 0 Å². The van der Waals surface area contributed by atoms with Crippen LogP contribution in [0.1, 0.15) is 13.8 Å². The van der Waals surface area contributed by atoms with E-state index in [1.807, 2.05) is 13.8 Å². The number of anilines is 1. The molecule has 0 radical (unpaired) electrons. The molecule has 1 aliphatic rings. The second kappa shape index (κ2) is 5.84. The van der Waals surface area contributed by atoms with E-state index in [-0.39, 0.29) is 17.1 Å². The second-order valence-corrected chi connectivity index (χ2v) is 6.25. The molecule has 0 aromatic heterocycles. The Morgan fingerprint density at radius 3 is 2.53 bits per heavy atom.